The number of alkyl halides is 1. The first-order chi connectivity index (χ1) is 9.61. The lowest BCUT2D eigenvalue weighted by atomic mass is 9.75. The number of ether oxygens (including phenoxy) is 1. The molecule has 0 N–H and O–H groups in total. The van der Waals surface area contributed by atoms with E-state index in [0.717, 1.165) is 22.2 Å². The Morgan fingerprint density at radius 2 is 1.90 bits per heavy atom. The molecule has 20 heavy (non-hydrogen) atoms. The molecular formula is C18H27IO. The predicted molar refractivity (Wildman–Crippen MR) is 94.3 cm³/mol. The average molecular weight is 386 g/mol. The van der Waals surface area contributed by atoms with Gasteiger partial charge >= 0.3 is 0 Å². The Kier molecular flexibility index (Phi) is 6.34. The van der Waals surface area contributed by atoms with Gasteiger partial charge in [0.2, 0.25) is 0 Å². The minimum Gasteiger partial charge on any atom is -0.369 e. The molecule has 1 aromatic rings. The quantitative estimate of drug-likeness (QED) is 0.470. The summed E-state index contributed by atoms with van der Waals surface area (Å²) in [6.45, 7) is 7.06. The van der Waals surface area contributed by atoms with E-state index in [0.29, 0.717) is 6.10 Å². The molecule has 0 aliphatic heterocycles. The van der Waals surface area contributed by atoms with E-state index in [1.165, 1.54) is 24.8 Å². The van der Waals surface area contributed by atoms with Gasteiger partial charge in [0.25, 0.3) is 0 Å². The fourth-order valence-electron chi connectivity index (χ4n) is 3.35. The molecule has 2 heteroatoms. The number of halogens is 1. The van der Waals surface area contributed by atoms with Crippen LogP contribution in [0.2, 0.25) is 0 Å². The first-order valence-electron chi connectivity index (χ1n) is 7.88. The fourth-order valence-corrected chi connectivity index (χ4v) is 4.07. The van der Waals surface area contributed by atoms with Gasteiger partial charge in [-0.05, 0) is 36.2 Å². The van der Waals surface area contributed by atoms with E-state index in [1.54, 1.807) is 0 Å². The van der Waals surface area contributed by atoms with E-state index in [4.69, 9.17) is 4.74 Å². The molecular weight excluding hydrogens is 359 g/mol. The van der Waals surface area contributed by atoms with Crippen molar-refractivity contribution >= 4 is 22.6 Å². The average Bonchev–Trinajstić information content (AvgIpc) is 2.45. The molecule has 1 aromatic carbocycles. The summed E-state index contributed by atoms with van der Waals surface area (Å²) < 4.78 is 7.59. The second-order valence-electron chi connectivity index (χ2n) is 6.55. The highest BCUT2D eigenvalue weighted by molar-refractivity contribution is 14.1. The Hall–Kier alpha value is -0.0900. The van der Waals surface area contributed by atoms with Crippen LogP contribution >= 0.6 is 22.6 Å². The molecule has 0 aromatic heterocycles. The maximum absolute atomic E-state index is 6.56. The van der Waals surface area contributed by atoms with E-state index in [2.05, 4.69) is 73.7 Å². The number of hydrogen-bond donors (Lipinski definition) is 0. The summed E-state index contributed by atoms with van der Waals surface area (Å²) in [6, 6.07) is 10.7. The van der Waals surface area contributed by atoms with Crippen molar-refractivity contribution in [2.24, 2.45) is 17.8 Å². The normalized spacial score (nSPS) is 28.6. The van der Waals surface area contributed by atoms with Gasteiger partial charge in [0.15, 0.2) is 0 Å². The third-order valence-electron chi connectivity index (χ3n) is 4.61. The summed E-state index contributed by atoms with van der Waals surface area (Å²) in [5.41, 5.74) is 1.32. The van der Waals surface area contributed by atoms with Crippen molar-refractivity contribution in [3.8, 4) is 0 Å². The molecule has 0 bridgehead atoms. The molecule has 2 rings (SSSR count). The van der Waals surface area contributed by atoms with E-state index < -0.39 is 0 Å². The van der Waals surface area contributed by atoms with Crippen molar-refractivity contribution < 1.29 is 4.74 Å². The second-order valence-corrected chi connectivity index (χ2v) is 7.44. The monoisotopic (exact) mass is 386 g/mol. The van der Waals surface area contributed by atoms with Gasteiger partial charge in [0, 0.05) is 4.43 Å². The number of rotatable bonds is 5. The maximum atomic E-state index is 6.56. The van der Waals surface area contributed by atoms with Gasteiger partial charge in [-0.2, -0.15) is 0 Å². The molecule has 0 heterocycles. The summed E-state index contributed by atoms with van der Waals surface area (Å²) in [6.07, 6.45) is 4.59. The molecule has 4 atom stereocenters. The first kappa shape index (κ1) is 16.3. The molecule has 1 nitrogen and oxygen atoms in total. The Balaban J connectivity index is 2.08. The van der Waals surface area contributed by atoms with Gasteiger partial charge in [0.05, 0.1) is 12.2 Å². The van der Waals surface area contributed by atoms with Crippen molar-refractivity contribution in [1.29, 1.82) is 0 Å². The van der Waals surface area contributed by atoms with Crippen LogP contribution in [0.25, 0.3) is 0 Å². The van der Waals surface area contributed by atoms with E-state index in [-0.39, 0.29) is 6.10 Å². The van der Waals surface area contributed by atoms with Crippen molar-refractivity contribution in [2.75, 3.05) is 4.43 Å². The lowest BCUT2D eigenvalue weighted by Crippen LogP contribution is -2.35. The smallest absolute Gasteiger partial charge is 0.0918 e. The van der Waals surface area contributed by atoms with Crippen LogP contribution < -0.4 is 0 Å². The SMILES string of the molecule is CC1CCC(C(C)C)C(OC(CI)c2ccccc2)C1. The summed E-state index contributed by atoms with van der Waals surface area (Å²) in [7, 11) is 0. The van der Waals surface area contributed by atoms with Gasteiger partial charge < -0.3 is 4.74 Å². The minimum atomic E-state index is 0.244. The number of hydrogen-bond acceptors (Lipinski definition) is 1. The molecule has 1 aliphatic carbocycles. The maximum Gasteiger partial charge on any atom is 0.0918 e. The highest BCUT2D eigenvalue weighted by Crippen LogP contribution is 2.38. The molecule has 1 aliphatic rings. The van der Waals surface area contributed by atoms with Gasteiger partial charge in [-0.15, -0.1) is 0 Å². The van der Waals surface area contributed by atoms with Crippen molar-refractivity contribution in [3.63, 3.8) is 0 Å². The van der Waals surface area contributed by atoms with E-state index >= 15 is 0 Å². The Morgan fingerprint density at radius 3 is 2.50 bits per heavy atom. The molecule has 4 unspecified atom stereocenters. The molecule has 0 spiro atoms. The zero-order valence-electron chi connectivity index (χ0n) is 12.9. The molecule has 1 saturated carbocycles. The van der Waals surface area contributed by atoms with Crippen LogP contribution in [0.5, 0.6) is 0 Å². The Labute approximate surface area is 137 Å². The molecule has 1 fully saturated rings. The fraction of sp³-hybridized carbons (Fsp3) is 0.667. The van der Waals surface area contributed by atoms with Gasteiger partial charge in [-0.3, -0.25) is 0 Å². The topological polar surface area (TPSA) is 9.23 Å². The molecule has 0 amide bonds. The largest absolute Gasteiger partial charge is 0.369 e. The van der Waals surface area contributed by atoms with Crippen molar-refractivity contribution in [2.45, 2.75) is 52.2 Å². The summed E-state index contributed by atoms with van der Waals surface area (Å²) in [5.74, 6) is 2.25. The first-order valence-corrected chi connectivity index (χ1v) is 9.40. The Bertz CT molecular complexity index is 390. The van der Waals surface area contributed by atoms with Gasteiger partial charge in [0.1, 0.15) is 0 Å². The van der Waals surface area contributed by atoms with Crippen LogP contribution in [0.15, 0.2) is 30.3 Å². The van der Waals surface area contributed by atoms with Crippen LogP contribution in [0.4, 0.5) is 0 Å². The van der Waals surface area contributed by atoms with Gasteiger partial charge in [-0.25, -0.2) is 0 Å². The third-order valence-corrected chi connectivity index (χ3v) is 5.41. The van der Waals surface area contributed by atoms with Crippen molar-refractivity contribution in [3.05, 3.63) is 35.9 Å². The summed E-state index contributed by atoms with van der Waals surface area (Å²) in [4.78, 5) is 0. The third kappa shape index (κ3) is 4.20. The summed E-state index contributed by atoms with van der Waals surface area (Å²) in [5, 5.41) is 0. The Morgan fingerprint density at radius 1 is 1.20 bits per heavy atom. The molecule has 0 radical (unpaired) electrons. The lowest BCUT2D eigenvalue weighted by molar-refractivity contribution is -0.0727. The van der Waals surface area contributed by atoms with Crippen molar-refractivity contribution in [1.82, 2.24) is 0 Å². The van der Waals surface area contributed by atoms with Crippen LogP contribution in [-0.2, 0) is 4.74 Å². The summed E-state index contributed by atoms with van der Waals surface area (Å²) >= 11 is 2.45. The zero-order valence-corrected chi connectivity index (χ0v) is 15.0. The van der Waals surface area contributed by atoms with Crippen LogP contribution in [-0.4, -0.2) is 10.5 Å². The van der Waals surface area contributed by atoms with E-state index in [1.807, 2.05) is 0 Å². The van der Waals surface area contributed by atoms with E-state index in [9.17, 15) is 0 Å². The standard InChI is InChI=1S/C18H27IO/c1-13(2)16-10-9-14(3)11-17(16)20-18(12-19)15-7-5-4-6-8-15/h4-8,13-14,16-18H,9-12H2,1-3H3. The lowest BCUT2D eigenvalue weighted by Gasteiger charge is -2.39. The van der Waals surface area contributed by atoms with Crippen LogP contribution in [0.1, 0.15) is 51.7 Å². The second kappa shape index (κ2) is 7.79. The highest BCUT2D eigenvalue weighted by Gasteiger charge is 2.33. The molecule has 0 saturated heterocycles. The van der Waals surface area contributed by atoms with Gasteiger partial charge in [-0.1, -0.05) is 80.1 Å². The molecule has 112 valence electrons. The van der Waals surface area contributed by atoms with Crippen LogP contribution in [0, 0.1) is 17.8 Å². The number of benzene rings is 1. The highest BCUT2D eigenvalue weighted by atomic mass is 127. The minimum absolute atomic E-state index is 0.244. The van der Waals surface area contributed by atoms with Crippen LogP contribution in [0.3, 0.4) is 0 Å². The zero-order chi connectivity index (χ0) is 14.5. The predicted octanol–water partition coefficient (Wildman–Crippen LogP) is 5.64.